The lowest BCUT2D eigenvalue weighted by molar-refractivity contribution is -0.115. The first-order valence-corrected chi connectivity index (χ1v) is 8.29. The van der Waals surface area contributed by atoms with E-state index in [1.807, 2.05) is 0 Å². The van der Waals surface area contributed by atoms with Gasteiger partial charge in [-0.05, 0) is 29.3 Å². The molecule has 1 aliphatic heterocycles. The minimum absolute atomic E-state index is 0.0154. The van der Waals surface area contributed by atoms with Gasteiger partial charge in [0.05, 0.1) is 12.1 Å². The molecule has 28 heavy (non-hydrogen) atoms. The van der Waals surface area contributed by atoms with Crippen LogP contribution in [0.5, 0.6) is 0 Å². The second-order valence-electron chi connectivity index (χ2n) is 6.07. The number of hydrogen-bond acceptors (Lipinski definition) is 3. The van der Waals surface area contributed by atoms with Gasteiger partial charge < -0.3 is 10.4 Å². The summed E-state index contributed by atoms with van der Waals surface area (Å²) < 4.78 is 39.5. The van der Waals surface area contributed by atoms with Gasteiger partial charge in [-0.25, -0.2) is 4.79 Å². The number of carboxylic acids is 1. The van der Waals surface area contributed by atoms with E-state index in [0.29, 0.717) is 11.1 Å². The summed E-state index contributed by atoms with van der Waals surface area (Å²) in [6.07, 6.45) is -3.95. The molecule has 0 aliphatic carbocycles. The number of nitrogens with one attached hydrogen (secondary N) is 1. The third-order valence-electron chi connectivity index (χ3n) is 4.25. The predicted molar refractivity (Wildman–Crippen MR) is 98.5 cm³/mol. The van der Waals surface area contributed by atoms with Crippen molar-refractivity contribution in [3.63, 3.8) is 0 Å². The molecule has 2 aromatic rings. The van der Waals surface area contributed by atoms with E-state index in [0.717, 1.165) is 6.21 Å². The normalized spacial score (nSPS) is 14.1. The highest BCUT2D eigenvalue weighted by Gasteiger charge is 2.38. The number of amides is 1. The number of nitrogens with zero attached hydrogens (tertiary/aromatic N) is 1. The van der Waals surface area contributed by atoms with Crippen molar-refractivity contribution in [2.24, 2.45) is 4.99 Å². The van der Waals surface area contributed by atoms with Crippen LogP contribution < -0.4 is 5.32 Å². The lowest BCUT2D eigenvalue weighted by Gasteiger charge is -2.18. The van der Waals surface area contributed by atoms with E-state index in [4.69, 9.17) is 0 Å². The summed E-state index contributed by atoms with van der Waals surface area (Å²) in [7, 11) is 0. The van der Waals surface area contributed by atoms with E-state index in [2.05, 4.69) is 10.3 Å². The Bertz CT molecular complexity index is 980. The molecule has 144 valence electrons. The van der Waals surface area contributed by atoms with Crippen LogP contribution in [0.15, 0.2) is 64.7 Å². The average molecular weight is 388 g/mol. The van der Waals surface area contributed by atoms with Gasteiger partial charge in [-0.2, -0.15) is 13.2 Å². The standard InChI is InChI=1S/C20H15F3N2O3/c21-20(22,23)17-8-9-24-11-16(17)18(26)25-13-6-7-14(19(27)28)15(10-13)12-4-2-1-3-5-12/h1-7,9-10H,8,11H2,(H,25,26)(H,27,28). The molecule has 5 nitrogen and oxygen atoms in total. The topological polar surface area (TPSA) is 78.8 Å². The lowest BCUT2D eigenvalue weighted by Crippen LogP contribution is -2.26. The molecular formula is C20H15F3N2O3. The van der Waals surface area contributed by atoms with Gasteiger partial charge in [-0.15, -0.1) is 0 Å². The molecule has 3 rings (SSSR count). The fourth-order valence-corrected chi connectivity index (χ4v) is 2.90. The maximum absolute atomic E-state index is 13.2. The Morgan fingerprint density at radius 3 is 2.43 bits per heavy atom. The van der Waals surface area contributed by atoms with Gasteiger partial charge in [0, 0.05) is 29.5 Å². The Morgan fingerprint density at radius 1 is 1.07 bits per heavy atom. The Kier molecular flexibility index (Phi) is 5.30. The molecule has 0 saturated heterocycles. The quantitative estimate of drug-likeness (QED) is 0.819. The van der Waals surface area contributed by atoms with E-state index in [-0.39, 0.29) is 17.8 Å². The first-order chi connectivity index (χ1) is 13.3. The van der Waals surface area contributed by atoms with Crippen molar-refractivity contribution in [1.82, 2.24) is 0 Å². The number of alkyl halides is 3. The number of carboxylic acid groups (broad SMARTS) is 1. The number of aliphatic imine (C=N–C) groups is 1. The Balaban J connectivity index is 1.96. The second-order valence-corrected chi connectivity index (χ2v) is 6.07. The van der Waals surface area contributed by atoms with Crippen LogP contribution in [0.4, 0.5) is 18.9 Å². The molecule has 0 saturated carbocycles. The zero-order chi connectivity index (χ0) is 20.3. The van der Waals surface area contributed by atoms with Crippen LogP contribution in [0.2, 0.25) is 0 Å². The highest BCUT2D eigenvalue weighted by atomic mass is 19.4. The Morgan fingerprint density at radius 2 is 1.79 bits per heavy atom. The minimum atomic E-state index is -4.62. The van der Waals surface area contributed by atoms with Gasteiger partial charge in [0.1, 0.15) is 0 Å². The number of hydrogen-bond donors (Lipinski definition) is 2. The molecule has 2 aromatic carbocycles. The molecular weight excluding hydrogens is 373 g/mol. The van der Waals surface area contributed by atoms with Gasteiger partial charge in [-0.3, -0.25) is 9.79 Å². The van der Waals surface area contributed by atoms with Gasteiger partial charge in [0.2, 0.25) is 0 Å². The fourth-order valence-electron chi connectivity index (χ4n) is 2.90. The van der Waals surface area contributed by atoms with Crippen LogP contribution >= 0.6 is 0 Å². The molecule has 0 aromatic heterocycles. The summed E-state index contributed by atoms with van der Waals surface area (Å²) in [6.45, 7) is -0.362. The number of benzene rings is 2. The fraction of sp³-hybridized carbons (Fsp3) is 0.150. The Labute approximate surface area is 158 Å². The van der Waals surface area contributed by atoms with Gasteiger partial charge in [-0.1, -0.05) is 30.3 Å². The maximum Gasteiger partial charge on any atom is 0.413 e. The molecule has 2 N–H and O–H groups in total. The van der Waals surface area contributed by atoms with Crippen LogP contribution in [0, 0.1) is 0 Å². The zero-order valence-electron chi connectivity index (χ0n) is 14.5. The van der Waals surface area contributed by atoms with E-state index < -0.39 is 35.6 Å². The van der Waals surface area contributed by atoms with Crippen molar-refractivity contribution in [1.29, 1.82) is 0 Å². The average Bonchev–Trinajstić information content (AvgIpc) is 2.67. The van der Waals surface area contributed by atoms with Crippen LogP contribution in [-0.2, 0) is 4.79 Å². The number of rotatable bonds is 4. The van der Waals surface area contributed by atoms with E-state index in [1.165, 1.54) is 18.2 Å². The van der Waals surface area contributed by atoms with Gasteiger partial charge in [0.25, 0.3) is 5.91 Å². The smallest absolute Gasteiger partial charge is 0.413 e. The van der Waals surface area contributed by atoms with Crippen molar-refractivity contribution in [3.8, 4) is 11.1 Å². The van der Waals surface area contributed by atoms with E-state index >= 15 is 0 Å². The molecule has 0 bridgehead atoms. The van der Waals surface area contributed by atoms with E-state index in [1.54, 1.807) is 30.3 Å². The number of dihydropyridines is 1. The number of carbonyl (C=O) groups excluding carboxylic acids is 1. The van der Waals surface area contributed by atoms with Crippen molar-refractivity contribution in [3.05, 3.63) is 65.2 Å². The molecule has 0 fully saturated rings. The molecule has 1 heterocycles. The summed E-state index contributed by atoms with van der Waals surface area (Å²) >= 11 is 0. The van der Waals surface area contributed by atoms with Crippen molar-refractivity contribution in [2.45, 2.75) is 12.6 Å². The number of anilines is 1. The summed E-state index contributed by atoms with van der Waals surface area (Å²) in [4.78, 5) is 27.7. The van der Waals surface area contributed by atoms with Crippen LogP contribution in [-0.4, -0.2) is 35.9 Å². The minimum Gasteiger partial charge on any atom is -0.478 e. The number of aromatic carboxylic acids is 1. The maximum atomic E-state index is 13.2. The molecule has 1 amide bonds. The van der Waals surface area contributed by atoms with Crippen molar-refractivity contribution >= 4 is 23.8 Å². The number of carbonyl (C=O) groups is 2. The summed E-state index contributed by atoms with van der Waals surface area (Å²) in [5.74, 6) is -2.06. The first kappa shape index (κ1) is 19.3. The molecule has 1 aliphatic rings. The summed E-state index contributed by atoms with van der Waals surface area (Å²) in [5.41, 5.74) is -0.214. The first-order valence-electron chi connectivity index (χ1n) is 8.29. The number of halogens is 3. The number of allylic oxidation sites excluding steroid dienone is 1. The van der Waals surface area contributed by atoms with Crippen LogP contribution in [0.25, 0.3) is 11.1 Å². The molecule has 0 atom stereocenters. The lowest BCUT2D eigenvalue weighted by atomic mass is 9.98. The third kappa shape index (κ3) is 4.11. The summed E-state index contributed by atoms with van der Waals surface area (Å²) in [5, 5.41) is 11.8. The third-order valence-corrected chi connectivity index (χ3v) is 4.25. The largest absolute Gasteiger partial charge is 0.478 e. The molecule has 8 heteroatoms. The second kappa shape index (κ2) is 7.67. The van der Waals surface area contributed by atoms with Crippen LogP contribution in [0.3, 0.4) is 0 Å². The monoisotopic (exact) mass is 388 g/mol. The molecule has 0 radical (unpaired) electrons. The van der Waals surface area contributed by atoms with Crippen molar-refractivity contribution < 1.29 is 27.9 Å². The highest BCUT2D eigenvalue weighted by Crippen LogP contribution is 2.33. The zero-order valence-corrected chi connectivity index (χ0v) is 14.5. The van der Waals surface area contributed by atoms with Gasteiger partial charge in [0.15, 0.2) is 0 Å². The highest BCUT2D eigenvalue weighted by molar-refractivity contribution is 6.06. The molecule has 0 unspecified atom stereocenters. The Hall–Kier alpha value is -3.42. The SMILES string of the molecule is O=C(Nc1ccc(C(=O)O)c(-c2ccccc2)c1)C1=C(C(F)(F)F)CC=NC1. The summed E-state index contributed by atoms with van der Waals surface area (Å²) in [6, 6.07) is 12.7. The van der Waals surface area contributed by atoms with E-state index in [9.17, 15) is 27.9 Å². The van der Waals surface area contributed by atoms with Gasteiger partial charge >= 0.3 is 12.1 Å². The van der Waals surface area contributed by atoms with Crippen LogP contribution in [0.1, 0.15) is 16.8 Å². The predicted octanol–water partition coefficient (Wildman–Crippen LogP) is 4.32. The van der Waals surface area contributed by atoms with Crippen molar-refractivity contribution in [2.75, 3.05) is 11.9 Å². The molecule has 0 spiro atoms.